The van der Waals surface area contributed by atoms with Gasteiger partial charge in [-0.3, -0.25) is 4.79 Å². The van der Waals surface area contributed by atoms with Gasteiger partial charge in [0.1, 0.15) is 0 Å². The van der Waals surface area contributed by atoms with Crippen LogP contribution < -0.4 is 0 Å². The summed E-state index contributed by atoms with van der Waals surface area (Å²) in [5, 5.41) is 8.88. The Morgan fingerprint density at radius 1 is 1.38 bits per heavy atom. The monoisotopic (exact) mass is 220 g/mol. The molecule has 0 aliphatic carbocycles. The third-order valence-electron chi connectivity index (χ3n) is 3.10. The van der Waals surface area contributed by atoms with Crippen LogP contribution in [-0.4, -0.2) is 11.1 Å². The average Bonchev–Trinajstić information content (AvgIpc) is 2.61. The smallest absolute Gasteiger partial charge is 0.304 e. The van der Waals surface area contributed by atoms with Gasteiger partial charge in [-0.05, 0) is 16.7 Å². The normalized spacial score (nSPS) is 14.9. The molecule has 1 aromatic rings. The van der Waals surface area contributed by atoms with E-state index < -0.39 is 5.97 Å². The molecule has 0 saturated heterocycles. The second-order valence-corrected chi connectivity index (χ2v) is 4.93. The zero-order valence-corrected chi connectivity index (χ0v) is 9.62. The Morgan fingerprint density at radius 2 is 2.06 bits per heavy atom. The van der Waals surface area contributed by atoms with Crippen LogP contribution >= 0.6 is 0 Å². The topological polar surface area (TPSA) is 46.5 Å². The molecule has 1 aromatic carbocycles. The van der Waals surface area contributed by atoms with Gasteiger partial charge in [0.25, 0.3) is 0 Å². The number of carboxylic acids is 1. The van der Waals surface area contributed by atoms with Crippen molar-refractivity contribution < 1.29 is 14.6 Å². The summed E-state index contributed by atoms with van der Waals surface area (Å²) in [5.74, 6) is -0.762. The van der Waals surface area contributed by atoms with E-state index in [1.54, 1.807) is 0 Å². The van der Waals surface area contributed by atoms with Crippen LogP contribution in [0, 0.1) is 0 Å². The Hall–Kier alpha value is -1.35. The maximum absolute atomic E-state index is 10.8. The summed E-state index contributed by atoms with van der Waals surface area (Å²) in [6.07, 6.45) is 0.145. The first-order valence-corrected chi connectivity index (χ1v) is 5.41. The Balaban J connectivity index is 2.30. The first kappa shape index (κ1) is 11.1. The first-order chi connectivity index (χ1) is 7.49. The number of aliphatic carboxylic acids is 1. The lowest BCUT2D eigenvalue weighted by molar-refractivity contribution is -0.138. The van der Waals surface area contributed by atoms with Gasteiger partial charge in [0.05, 0.1) is 19.6 Å². The molecule has 2 rings (SSSR count). The maximum Gasteiger partial charge on any atom is 0.304 e. The highest BCUT2D eigenvalue weighted by Crippen LogP contribution is 2.30. The van der Waals surface area contributed by atoms with Gasteiger partial charge < -0.3 is 9.84 Å². The van der Waals surface area contributed by atoms with E-state index in [2.05, 4.69) is 6.07 Å². The molecular weight excluding hydrogens is 204 g/mol. The van der Waals surface area contributed by atoms with Gasteiger partial charge in [-0.2, -0.15) is 0 Å². The summed E-state index contributed by atoms with van der Waals surface area (Å²) in [7, 11) is 0. The quantitative estimate of drug-likeness (QED) is 0.851. The van der Waals surface area contributed by atoms with E-state index in [-0.39, 0.29) is 11.8 Å². The second-order valence-electron chi connectivity index (χ2n) is 4.93. The lowest BCUT2D eigenvalue weighted by atomic mass is 9.80. The lowest BCUT2D eigenvalue weighted by Gasteiger charge is -2.23. The van der Waals surface area contributed by atoms with Gasteiger partial charge in [-0.1, -0.05) is 32.0 Å². The number of benzene rings is 1. The van der Waals surface area contributed by atoms with Crippen LogP contribution in [0.2, 0.25) is 0 Å². The van der Waals surface area contributed by atoms with Crippen molar-refractivity contribution in [2.75, 3.05) is 0 Å². The number of hydrogen-bond acceptors (Lipinski definition) is 2. The zero-order valence-electron chi connectivity index (χ0n) is 9.62. The Labute approximate surface area is 95.0 Å². The van der Waals surface area contributed by atoms with Gasteiger partial charge >= 0.3 is 5.97 Å². The van der Waals surface area contributed by atoms with Crippen molar-refractivity contribution in [3.05, 3.63) is 34.9 Å². The van der Waals surface area contributed by atoms with Crippen LogP contribution in [0.4, 0.5) is 0 Å². The number of hydrogen-bond donors (Lipinski definition) is 1. The number of carbonyl (C=O) groups is 1. The van der Waals surface area contributed by atoms with Crippen molar-refractivity contribution >= 4 is 5.97 Å². The molecule has 3 nitrogen and oxygen atoms in total. The molecule has 0 atom stereocenters. The Bertz CT molecular complexity index is 421. The highest BCUT2D eigenvalue weighted by atomic mass is 16.5. The summed E-state index contributed by atoms with van der Waals surface area (Å²) in [5.41, 5.74) is 3.15. The molecule has 1 N–H and O–H groups in total. The van der Waals surface area contributed by atoms with Crippen LogP contribution in [0.5, 0.6) is 0 Å². The lowest BCUT2D eigenvalue weighted by Crippen LogP contribution is -2.21. The molecule has 3 heteroatoms. The summed E-state index contributed by atoms with van der Waals surface area (Å²) >= 11 is 0. The molecule has 0 fully saturated rings. The summed E-state index contributed by atoms with van der Waals surface area (Å²) in [6.45, 7) is 5.23. The fraction of sp³-hybridized carbons (Fsp3) is 0.462. The van der Waals surface area contributed by atoms with E-state index in [0.717, 1.165) is 5.56 Å². The van der Waals surface area contributed by atoms with Crippen LogP contribution in [0.1, 0.15) is 37.0 Å². The second kappa shape index (κ2) is 3.91. The van der Waals surface area contributed by atoms with Crippen molar-refractivity contribution in [2.24, 2.45) is 0 Å². The van der Waals surface area contributed by atoms with Crippen LogP contribution in [0.3, 0.4) is 0 Å². The summed E-state index contributed by atoms with van der Waals surface area (Å²) in [4.78, 5) is 10.8. The fourth-order valence-electron chi connectivity index (χ4n) is 2.07. The molecule has 86 valence electrons. The largest absolute Gasteiger partial charge is 0.481 e. The van der Waals surface area contributed by atoms with E-state index in [0.29, 0.717) is 13.2 Å². The van der Waals surface area contributed by atoms with Crippen molar-refractivity contribution in [3.63, 3.8) is 0 Å². The van der Waals surface area contributed by atoms with Crippen molar-refractivity contribution in [3.8, 4) is 0 Å². The fourth-order valence-corrected chi connectivity index (χ4v) is 2.07. The predicted molar refractivity (Wildman–Crippen MR) is 60.2 cm³/mol. The molecular formula is C13H16O3. The molecule has 0 unspecified atom stereocenters. The van der Waals surface area contributed by atoms with Crippen LogP contribution in [-0.2, 0) is 28.2 Å². The van der Waals surface area contributed by atoms with Gasteiger partial charge in [-0.25, -0.2) is 0 Å². The number of rotatable bonds is 3. The Morgan fingerprint density at radius 3 is 2.75 bits per heavy atom. The summed E-state index contributed by atoms with van der Waals surface area (Å²) < 4.78 is 5.35. The van der Waals surface area contributed by atoms with Crippen LogP contribution in [0.25, 0.3) is 0 Å². The minimum absolute atomic E-state index is 0.145. The molecule has 1 aliphatic rings. The predicted octanol–water partition coefficient (Wildman–Crippen LogP) is 2.47. The molecule has 0 bridgehead atoms. The minimum Gasteiger partial charge on any atom is -0.481 e. The first-order valence-electron chi connectivity index (χ1n) is 5.41. The molecule has 0 amide bonds. The zero-order chi connectivity index (χ0) is 11.8. The molecule has 1 aliphatic heterocycles. The average molecular weight is 220 g/mol. The minimum atomic E-state index is -0.762. The molecule has 0 saturated carbocycles. The van der Waals surface area contributed by atoms with E-state index >= 15 is 0 Å². The van der Waals surface area contributed by atoms with Crippen molar-refractivity contribution in [2.45, 2.75) is 38.9 Å². The highest BCUT2D eigenvalue weighted by Gasteiger charge is 2.25. The number of ether oxygens (including phenoxy) is 1. The molecule has 0 aromatic heterocycles. The standard InChI is InChI=1S/C13H16O3/c1-13(2,6-12(14)15)11-4-3-9-7-16-8-10(9)5-11/h3-5H,6-8H2,1-2H3,(H,14,15). The third kappa shape index (κ3) is 2.09. The van der Waals surface area contributed by atoms with E-state index in [4.69, 9.17) is 9.84 Å². The molecule has 0 spiro atoms. The van der Waals surface area contributed by atoms with Gasteiger partial charge in [0, 0.05) is 5.41 Å². The maximum atomic E-state index is 10.8. The number of fused-ring (bicyclic) bond motifs is 1. The van der Waals surface area contributed by atoms with Crippen molar-refractivity contribution in [1.29, 1.82) is 0 Å². The van der Waals surface area contributed by atoms with E-state index in [1.807, 2.05) is 26.0 Å². The number of carboxylic acid groups (broad SMARTS) is 1. The molecule has 16 heavy (non-hydrogen) atoms. The SMILES string of the molecule is CC(C)(CC(=O)O)c1ccc2c(c1)COC2. The van der Waals surface area contributed by atoms with Crippen molar-refractivity contribution in [1.82, 2.24) is 0 Å². The Kier molecular flexibility index (Phi) is 2.72. The van der Waals surface area contributed by atoms with Gasteiger partial charge in [0.15, 0.2) is 0 Å². The summed E-state index contributed by atoms with van der Waals surface area (Å²) in [6, 6.07) is 6.13. The van der Waals surface area contributed by atoms with Gasteiger partial charge in [0.2, 0.25) is 0 Å². The van der Waals surface area contributed by atoms with E-state index in [9.17, 15) is 4.79 Å². The molecule has 1 heterocycles. The van der Waals surface area contributed by atoms with Crippen LogP contribution in [0.15, 0.2) is 18.2 Å². The van der Waals surface area contributed by atoms with Gasteiger partial charge in [-0.15, -0.1) is 0 Å². The highest BCUT2D eigenvalue weighted by molar-refractivity contribution is 5.69. The van der Waals surface area contributed by atoms with E-state index in [1.165, 1.54) is 11.1 Å². The third-order valence-corrected chi connectivity index (χ3v) is 3.10. The molecule has 0 radical (unpaired) electrons.